The summed E-state index contributed by atoms with van der Waals surface area (Å²) in [5, 5.41) is 9.73. The van der Waals surface area contributed by atoms with Crippen molar-refractivity contribution in [2.45, 2.75) is 45.4 Å². The Balaban J connectivity index is 1.52. The Morgan fingerprint density at radius 1 is 0.897 bits per heavy atom. The van der Waals surface area contributed by atoms with Gasteiger partial charge < -0.3 is 14.4 Å². The standard InChI is InChI=1S/C26H30N2O/c1-2-22-24-10-6-9-23-20(8-7-17-27-15-4-3-5-16-27)18-25(28(23)24)26(22)19-11-13-21(29)14-12-19/h6,9-14,18,29H,2-5,7-8,15-17H2,1H3. The SMILES string of the molecule is CCc1c(-c2ccc(O)cc2)c2cc(CCCN3CCCCC3)c3cccc1n32. The number of pyridine rings is 1. The summed E-state index contributed by atoms with van der Waals surface area (Å²) >= 11 is 0. The fraction of sp³-hybridized carbons (Fsp3) is 0.385. The number of phenolic OH excluding ortho intramolecular Hbond substituents is 1. The number of likely N-dealkylation sites (tertiary alicyclic amines) is 1. The molecule has 4 heterocycles. The van der Waals surface area contributed by atoms with E-state index >= 15 is 0 Å². The van der Waals surface area contributed by atoms with Crippen LogP contribution in [0.3, 0.4) is 0 Å². The molecule has 0 bridgehead atoms. The summed E-state index contributed by atoms with van der Waals surface area (Å²) in [5.41, 5.74) is 9.37. The van der Waals surface area contributed by atoms with Gasteiger partial charge >= 0.3 is 0 Å². The fourth-order valence-corrected chi connectivity index (χ4v) is 5.21. The first kappa shape index (κ1) is 18.5. The summed E-state index contributed by atoms with van der Waals surface area (Å²) < 4.78 is 2.46. The lowest BCUT2D eigenvalue weighted by Gasteiger charge is -2.26. The maximum absolute atomic E-state index is 9.73. The molecule has 4 aromatic rings. The number of rotatable bonds is 6. The van der Waals surface area contributed by atoms with Crippen molar-refractivity contribution in [3.05, 3.63) is 59.7 Å². The Labute approximate surface area is 172 Å². The fourth-order valence-electron chi connectivity index (χ4n) is 5.21. The zero-order valence-electron chi connectivity index (χ0n) is 17.3. The zero-order valence-corrected chi connectivity index (χ0v) is 17.3. The van der Waals surface area contributed by atoms with Gasteiger partial charge in [0.05, 0.1) is 11.0 Å². The molecule has 150 valence electrons. The lowest BCUT2D eigenvalue weighted by atomic mass is 9.99. The molecule has 0 atom stereocenters. The normalized spacial score (nSPS) is 15.6. The van der Waals surface area contributed by atoms with E-state index in [1.807, 2.05) is 12.1 Å². The van der Waals surface area contributed by atoms with Crippen molar-refractivity contribution in [2.24, 2.45) is 0 Å². The molecule has 1 aliphatic heterocycles. The van der Waals surface area contributed by atoms with Crippen LogP contribution >= 0.6 is 0 Å². The molecule has 0 unspecified atom stereocenters. The summed E-state index contributed by atoms with van der Waals surface area (Å²) in [6.45, 7) is 6.01. The Hall–Kier alpha value is -2.52. The average molecular weight is 387 g/mol. The summed E-state index contributed by atoms with van der Waals surface area (Å²) in [6.07, 6.45) is 7.49. The lowest BCUT2D eigenvalue weighted by Crippen LogP contribution is -2.30. The van der Waals surface area contributed by atoms with Crippen LogP contribution in [0.15, 0.2) is 48.5 Å². The van der Waals surface area contributed by atoms with Gasteiger partial charge in [0.25, 0.3) is 0 Å². The van der Waals surface area contributed by atoms with Gasteiger partial charge in [-0.25, -0.2) is 0 Å². The van der Waals surface area contributed by atoms with E-state index in [2.05, 4.69) is 40.5 Å². The molecule has 29 heavy (non-hydrogen) atoms. The second-order valence-corrected chi connectivity index (χ2v) is 8.45. The number of benzene rings is 1. The van der Waals surface area contributed by atoms with Gasteiger partial charge in [0.2, 0.25) is 0 Å². The van der Waals surface area contributed by atoms with E-state index in [0.717, 1.165) is 12.8 Å². The van der Waals surface area contributed by atoms with Crippen molar-refractivity contribution < 1.29 is 5.11 Å². The second kappa shape index (κ2) is 7.72. The number of hydrogen-bond acceptors (Lipinski definition) is 2. The highest BCUT2D eigenvalue weighted by atomic mass is 16.3. The number of aryl methyl sites for hydroxylation is 2. The van der Waals surface area contributed by atoms with E-state index in [9.17, 15) is 5.11 Å². The minimum absolute atomic E-state index is 0.321. The van der Waals surface area contributed by atoms with Crippen LogP contribution in [0.1, 0.15) is 43.7 Å². The molecule has 1 fully saturated rings. The lowest BCUT2D eigenvalue weighted by molar-refractivity contribution is 0.226. The third kappa shape index (κ3) is 3.28. The van der Waals surface area contributed by atoms with E-state index in [4.69, 9.17) is 0 Å². The van der Waals surface area contributed by atoms with E-state index in [0.29, 0.717) is 5.75 Å². The molecule has 3 heteroatoms. The molecule has 0 saturated carbocycles. The highest BCUT2D eigenvalue weighted by molar-refractivity contribution is 5.96. The first-order valence-corrected chi connectivity index (χ1v) is 11.2. The number of phenols is 1. The molecule has 0 spiro atoms. The quantitative estimate of drug-likeness (QED) is 0.448. The molecule has 0 amide bonds. The minimum Gasteiger partial charge on any atom is -0.508 e. The summed E-state index contributed by atoms with van der Waals surface area (Å²) in [4.78, 5) is 2.64. The highest BCUT2D eigenvalue weighted by Gasteiger charge is 2.20. The van der Waals surface area contributed by atoms with Crippen LogP contribution in [0, 0.1) is 0 Å². The Kier molecular flexibility index (Phi) is 4.92. The predicted molar refractivity (Wildman–Crippen MR) is 121 cm³/mol. The smallest absolute Gasteiger partial charge is 0.115 e. The van der Waals surface area contributed by atoms with Crippen molar-refractivity contribution >= 4 is 16.6 Å². The maximum Gasteiger partial charge on any atom is 0.115 e. The van der Waals surface area contributed by atoms with Crippen molar-refractivity contribution in [3.8, 4) is 16.9 Å². The van der Waals surface area contributed by atoms with Gasteiger partial charge in [-0.15, -0.1) is 0 Å². The molecule has 3 nitrogen and oxygen atoms in total. The zero-order chi connectivity index (χ0) is 19.8. The maximum atomic E-state index is 9.73. The molecule has 3 aromatic heterocycles. The Morgan fingerprint density at radius 3 is 2.41 bits per heavy atom. The van der Waals surface area contributed by atoms with Crippen LogP contribution in [-0.2, 0) is 12.8 Å². The number of aromatic nitrogens is 1. The molecule has 5 rings (SSSR count). The topological polar surface area (TPSA) is 27.9 Å². The van der Waals surface area contributed by atoms with Crippen molar-refractivity contribution in [1.29, 1.82) is 0 Å². The molecule has 0 aliphatic carbocycles. The average Bonchev–Trinajstić information content (AvgIpc) is 3.28. The second-order valence-electron chi connectivity index (χ2n) is 8.45. The van der Waals surface area contributed by atoms with Gasteiger partial charge in [0.15, 0.2) is 0 Å². The molecule has 1 aliphatic rings. The monoisotopic (exact) mass is 386 g/mol. The highest BCUT2D eigenvalue weighted by Crippen LogP contribution is 2.39. The molecule has 1 saturated heterocycles. The van der Waals surface area contributed by atoms with Crippen LogP contribution in [0.2, 0.25) is 0 Å². The third-order valence-corrected chi connectivity index (χ3v) is 6.62. The number of hydrogen-bond donors (Lipinski definition) is 1. The molecular weight excluding hydrogens is 356 g/mol. The summed E-state index contributed by atoms with van der Waals surface area (Å²) in [7, 11) is 0. The van der Waals surface area contributed by atoms with Crippen molar-refractivity contribution in [2.75, 3.05) is 19.6 Å². The summed E-state index contributed by atoms with van der Waals surface area (Å²) in [6, 6.07) is 16.8. The molecule has 0 radical (unpaired) electrons. The van der Waals surface area contributed by atoms with E-state index in [1.165, 1.54) is 84.1 Å². The van der Waals surface area contributed by atoms with Gasteiger partial charge in [0.1, 0.15) is 5.75 Å². The number of piperidine rings is 1. The van der Waals surface area contributed by atoms with Gasteiger partial charge in [-0.2, -0.15) is 0 Å². The first-order valence-electron chi connectivity index (χ1n) is 11.2. The van der Waals surface area contributed by atoms with E-state index in [1.54, 1.807) is 12.1 Å². The molecule has 1 N–H and O–H groups in total. The third-order valence-electron chi connectivity index (χ3n) is 6.62. The van der Waals surface area contributed by atoms with Crippen LogP contribution in [0.4, 0.5) is 0 Å². The van der Waals surface area contributed by atoms with Crippen LogP contribution < -0.4 is 0 Å². The minimum atomic E-state index is 0.321. The molecular formula is C26H30N2O. The Bertz CT molecular complexity index is 1100. The van der Waals surface area contributed by atoms with Crippen molar-refractivity contribution in [3.63, 3.8) is 0 Å². The number of nitrogens with zero attached hydrogens (tertiary/aromatic N) is 2. The number of aromatic hydroxyl groups is 1. The van der Waals surface area contributed by atoms with Gasteiger partial charge in [0, 0.05) is 11.1 Å². The van der Waals surface area contributed by atoms with Crippen LogP contribution in [-0.4, -0.2) is 34.0 Å². The van der Waals surface area contributed by atoms with Crippen molar-refractivity contribution in [1.82, 2.24) is 9.30 Å². The predicted octanol–water partition coefficient (Wildman–Crippen LogP) is 5.88. The largest absolute Gasteiger partial charge is 0.508 e. The van der Waals surface area contributed by atoms with Gasteiger partial charge in [-0.3, -0.25) is 0 Å². The van der Waals surface area contributed by atoms with E-state index < -0.39 is 0 Å². The van der Waals surface area contributed by atoms with E-state index in [-0.39, 0.29) is 0 Å². The molecule has 1 aromatic carbocycles. The van der Waals surface area contributed by atoms with Crippen LogP contribution in [0.25, 0.3) is 27.7 Å². The first-order chi connectivity index (χ1) is 14.3. The summed E-state index contributed by atoms with van der Waals surface area (Å²) in [5.74, 6) is 0.321. The van der Waals surface area contributed by atoms with Gasteiger partial charge in [-0.1, -0.05) is 31.5 Å². The van der Waals surface area contributed by atoms with Crippen LogP contribution in [0.5, 0.6) is 5.75 Å². The van der Waals surface area contributed by atoms with Gasteiger partial charge in [-0.05, 0) is 98.8 Å². The Morgan fingerprint density at radius 2 is 1.66 bits per heavy atom.